The summed E-state index contributed by atoms with van der Waals surface area (Å²) in [6.07, 6.45) is -0.602. The molecule has 0 aromatic heterocycles. The number of nitrogens with one attached hydrogen (secondary N) is 1. The van der Waals surface area contributed by atoms with E-state index >= 15 is 0 Å². The van der Waals surface area contributed by atoms with Crippen LogP contribution in [0.25, 0.3) is 0 Å². The monoisotopic (exact) mass is 391 g/mol. The number of rotatable bonds is 6. The number of anilines is 1. The summed E-state index contributed by atoms with van der Waals surface area (Å²) in [6.45, 7) is 8.21. The number of ether oxygens (including phenoxy) is 2. The first-order valence-electron chi connectivity index (χ1n) is 7.87. The highest BCUT2D eigenvalue weighted by atomic mass is 79.9. The van der Waals surface area contributed by atoms with E-state index < -0.39 is 6.10 Å². The summed E-state index contributed by atoms with van der Waals surface area (Å²) in [6, 6.07) is 11.2. The highest BCUT2D eigenvalue weighted by Crippen LogP contribution is 2.28. The molecule has 128 valence electrons. The fraction of sp³-hybridized carbons (Fsp3) is 0.316. The average Bonchev–Trinajstić information content (AvgIpc) is 2.52. The van der Waals surface area contributed by atoms with E-state index in [1.165, 1.54) is 0 Å². The van der Waals surface area contributed by atoms with E-state index in [4.69, 9.17) is 9.47 Å². The van der Waals surface area contributed by atoms with E-state index in [1.54, 1.807) is 6.92 Å². The third kappa shape index (κ3) is 4.74. The largest absolute Gasteiger partial charge is 0.494 e. The van der Waals surface area contributed by atoms with Gasteiger partial charge in [-0.1, -0.05) is 15.9 Å². The van der Waals surface area contributed by atoms with Gasteiger partial charge in [-0.2, -0.15) is 0 Å². The molecule has 5 heteroatoms. The number of amides is 1. The van der Waals surface area contributed by atoms with Crippen LogP contribution >= 0.6 is 15.9 Å². The quantitative estimate of drug-likeness (QED) is 0.763. The molecule has 1 amide bonds. The number of hydrogen-bond donors (Lipinski definition) is 1. The number of carbonyl (C=O) groups is 1. The zero-order chi connectivity index (χ0) is 17.7. The van der Waals surface area contributed by atoms with Crippen molar-refractivity contribution in [2.75, 3.05) is 11.9 Å². The fourth-order valence-electron chi connectivity index (χ4n) is 2.36. The molecule has 1 N–H and O–H groups in total. The number of aryl methyl sites for hydroxylation is 2. The van der Waals surface area contributed by atoms with Crippen LogP contribution in [0.5, 0.6) is 11.5 Å². The van der Waals surface area contributed by atoms with Gasteiger partial charge in [0.15, 0.2) is 6.10 Å². The van der Waals surface area contributed by atoms with E-state index in [9.17, 15) is 4.79 Å². The Labute approximate surface area is 151 Å². The van der Waals surface area contributed by atoms with Crippen LogP contribution in [-0.4, -0.2) is 18.6 Å². The Morgan fingerprint density at radius 3 is 2.29 bits per heavy atom. The van der Waals surface area contributed by atoms with Crippen molar-refractivity contribution in [3.63, 3.8) is 0 Å². The van der Waals surface area contributed by atoms with Crippen LogP contribution in [-0.2, 0) is 4.79 Å². The van der Waals surface area contributed by atoms with E-state index in [1.807, 2.05) is 57.2 Å². The SMILES string of the molecule is CCOc1ccc(NC(=O)C(C)Oc2c(C)cc(Br)cc2C)cc1. The van der Waals surface area contributed by atoms with Crippen LogP contribution in [0.4, 0.5) is 5.69 Å². The molecule has 0 aliphatic rings. The maximum absolute atomic E-state index is 12.3. The van der Waals surface area contributed by atoms with Crippen molar-refractivity contribution in [1.29, 1.82) is 0 Å². The Bertz CT molecular complexity index is 690. The van der Waals surface area contributed by atoms with E-state index in [2.05, 4.69) is 21.2 Å². The first-order chi connectivity index (χ1) is 11.4. The molecule has 2 aromatic rings. The van der Waals surface area contributed by atoms with E-state index in [0.717, 1.165) is 27.1 Å². The van der Waals surface area contributed by atoms with Gasteiger partial charge >= 0.3 is 0 Å². The van der Waals surface area contributed by atoms with Crippen LogP contribution in [0.3, 0.4) is 0 Å². The van der Waals surface area contributed by atoms with Crippen molar-refractivity contribution in [1.82, 2.24) is 0 Å². The van der Waals surface area contributed by atoms with Crippen LogP contribution in [0.2, 0.25) is 0 Å². The van der Waals surface area contributed by atoms with Crippen molar-refractivity contribution in [3.05, 3.63) is 52.0 Å². The third-order valence-corrected chi connectivity index (χ3v) is 3.98. The zero-order valence-electron chi connectivity index (χ0n) is 14.4. The minimum Gasteiger partial charge on any atom is -0.494 e. The molecule has 0 bridgehead atoms. The number of benzene rings is 2. The highest BCUT2D eigenvalue weighted by molar-refractivity contribution is 9.10. The second-order valence-electron chi connectivity index (χ2n) is 5.58. The van der Waals surface area contributed by atoms with Gasteiger partial charge in [-0.05, 0) is 75.2 Å². The van der Waals surface area contributed by atoms with Crippen molar-refractivity contribution in [2.45, 2.75) is 33.8 Å². The van der Waals surface area contributed by atoms with Crippen molar-refractivity contribution < 1.29 is 14.3 Å². The van der Waals surface area contributed by atoms with E-state index in [-0.39, 0.29) is 5.91 Å². The molecule has 0 aliphatic carbocycles. The van der Waals surface area contributed by atoms with Crippen LogP contribution in [0, 0.1) is 13.8 Å². The van der Waals surface area contributed by atoms with Gasteiger partial charge in [0.05, 0.1) is 6.61 Å². The molecule has 0 saturated carbocycles. The van der Waals surface area contributed by atoms with Gasteiger partial charge in [0, 0.05) is 10.2 Å². The molecule has 1 atom stereocenters. The molecule has 0 radical (unpaired) electrons. The average molecular weight is 392 g/mol. The molecule has 0 saturated heterocycles. The molecular weight excluding hydrogens is 370 g/mol. The Hall–Kier alpha value is -2.01. The topological polar surface area (TPSA) is 47.6 Å². The molecule has 2 aromatic carbocycles. The number of carbonyl (C=O) groups excluding carboxylic acids is 1. The lowest BCUT2D eigenvalue weighted by Gasteiger charge is -2.18. The minimum absolute atomic E-state index is 0.194. The molecule has 4 nitrogen and oxygen atoms in total. The van der Waals surface area contributed by atoms with Gasteiger partial charge in [-0.3, -0.25) is 4.79 Å². The third-order valence-electron chi connectivity index (χ3n) is 3.52. The summed E-state index contributed by atoms with van der Waals surface area (Å²) in [5.41, 5.74) is 2.69. The van der Waals surface area contributed by atoms with E-state index in [0.29, 0.717) is 12.3 Å². The molecule has 0 fully saturated rings. The highest BCUT2D eigenvalue weighted by Gasteiger charge is 2.17. The summed E-state index contributed by atoms with van der Waals surface area (Å²) >= 11 is 3.46. The van der Waals surface area contributed by atoms with Crippen molar-refractivity contribution in [2.24, 2.45) is 0 Å². The second kappa shape index (κ2) is 8.20. The Kier molecular flexibility index (Phi) is 6.26. The summed E-state index contributed by atoms with van der Waals surface area (Å²) in [5.74, 6) is 1.33. The van der Waals surface area contributed by atoms with Gasteiger partial charge in [0.1, 0.15) is 11.5 Å². The number of hydrogen-bond acceptors (Lipinski definition) is 3. The van der Waals surface area contributed by atoms with Crippen LogP contribution in [0.1, 0.15) is 25.0 Å². The molecule has 1 unspecified atom stereocenters. The first kappa shape index (κ1) is 18.3. The summed E-state index contributed by atoms with van der Waals surface area (Å²) in [7, 11) is 0. The van der Waals surface area contributed by atoms with Crippen molar-refractivity contribution >= 4 is 27.5 Å². The predicted molar refractivity (Wildman–Crippen MR) is 99.9 cm³/mol. The van der Waals surface area contributed by atoms with Gasteiger partial charge in [0.25, 0.3) is 5.91 Å². The maximum atomic E-state index is 12.3. The summed E-state index contributed by atoms with van der Waals surface area (Å²) < 4.78 is 12.3. The molecule has 0 spiro atoms. The molecule has 2 rings (SSSR count). The molecule has 24 heavy (non-hydrogen) atoms. The summed E-state index contributed by atoms with van der Waals surface area (Å²) in [5, 5.41) is 2.85. The van der Waals surface area contributed by atoms with Gasteiger partial charge in [-0.15, -0.1) is 0 Å². The van der Waals surface area contributed by atoms with Gasteiger partial charge < -0.3 is 14.8 Å². The lowest BCUT2D eigenvalue weighted by molar-refractivity contribution is -0.122. The van der Waals surface area contributed by atoms with Gasteiger partial charge in [-0.25, -0.2) is 0 Å². The second-order valence-corrected chi connectivity index (χ2v) is 6.49. The number of halogens is 1. The molecular formula is C19H22BrNO3. The zero-order valence-corrected chi connectivity index (χ0v) is 15.9. The normalized spacial score (nSPS) is 11.7. The summed E-state index contributed by atoms with van der Waals surface area (Å²) in [4.78, 5) is 12.3. The Balaban J connectivity index is 2.02. The maximum Gasteiger partial charge on any atom is 0.265 e. The molecule has 0 heterocycles. The minimum atomic E-state index is -0.602. The lowest BCUT2D eigenvalue weighted by atomic mass is 10.1. The molecule has 0 aliphatic heterocycles. The van der Waals surface area contributed by atoms with Gasteiger partial charge in [0.2, 0.25) is 0 Å². The fourth-order valence-corrected chi connectivity index (χ4v) is 3.05. The van der Waals surface area contributed by atoms with Crippen LogP contribution in [0.15, 0.2) is 40.9 Å². The first-order valence-corrected chi connectivity index (χ1v) is 8.67. The Morgan fingerprint density at radius 1 is 1.17 bits per heavy atom. The smallest absolute Gasteiger partial charge is 0.265 e. The predicted octanol–water partition coefficient (Wildman–Crippen LogP) is 4.87. The lowest BCUT2D eigenvalue weighted by Crippen LogP contribution is -2.30. The standard InChI is InChI=1S/C19H22BrNO3/c1-5-23-17-8-6-16(7-9-17)21-19(22)14(4)24-18-12(2)10-15(20)11-13(18)3/h6-11,14H,5H2,1-4H3,(H,21,22). The van der Waals surface area contributed by atoms with Crippen LogP contribution < -0.4 is 14.8 Å². The Morgan fingerprint density at radius 2 is 1.75 bits per heavy atom. The van der Waals surface area contributed by atoms with Crippen molar-refractivity contribution in [3.8, 4) is 11.5 Å².